The van der Waals surface area contributed by atoms with Crippen molar-refractivity contribution in [1.29, 1.82) is 0 Å². The fourth-order valence-corrected chi connectivity index (χ4v) is 3.16. The highest BCUT2D eigenvalue weighted by molar-refractivity contribution is 5.78. The van der Waals surface area contributed by atoms with Crippen LogP contribution in [0.3, 0.4) is 0 Å². The number of hydrogen-bond acceptors (Lipinski definition) is 4. The number of benzene rings is 1. The Morgan fingerprint density at radius 1 is 1.16 bits per heavy atom. The van der Waals surface area contributed by atoms with Crippen molar-refractivity contribution >= 4 is 11.9 Å². The maximum Gasteiger partial charge on any atom is 0.225 e. The number of hydrogen-bond donors (Lipinski definition) is 1. The van der Waals surface area contributed by atoms with Crippen LogP contribution in [0.4, 0.5) is 5.95 Å². The number of piperidine rings is 1. The Morgan fingerprint density at radius 2 is 1.88 bits per heavy atom. The molecule has 0 unspecified atom stereocenters. The smallest absolute Gasteiger partial charge is 0.225 e. The van der Waals surface area contributed by atoms with E-state index in [1.54, 1.807) is 6.20 Å². The quantitative estimate of drug-likeness (QED) is 0.911. The fraction of sp³-hybridized carbons (Fsp3) is 0.450. The largest absolute Gasteiger partial charge is 0.356 e. The van der Waals surface area contributed by atoms with E-state index in [1.165, 1.54) is 11.1 Å². The third-order valence-corrected chi connectivity index (χ3v) is 4.76. The molecule has 1 aliphatic heterocycles. The highest BCUT2D eigenvalue weighted by atomic mass is 16.1. The molecule has 3 rings (SSSR count). The third-order valence-electron chi connectivity index (χ3n) is 4.76. The molecule has 2 aromatic rings. The van der Waals surface area contributed by atoms with E-state index in [0.29, 0.717) is 6.54 Å². The molecule has 1 aliphatic rings. The van der Waals surface area contributed by atoms with Crippen LogP contribution in [-0.4, -0.2) is 35.5 Å². The van der Waals surface area contributed by atoms with Gasteiger partial charge in [0.1, 0.15) is 0 Å². The van der Waals surface area contributed by atoms with Gasteiger partial charge in [-0.1, -0.05) is 29.8 Å². The Labute approximate surface area is 149 Å². The molecule has 1 aromatic heterocycles. The number of carbonyl (C=O) groups excluding carboxylic acids is 1. The van der Waals surface area contributed by atoms with Gasteiger partial charge in [0, 0.05) is 37.4 Å². The lowest BCUT2D eigenvalue weighted by Gasteiger charge is -2.31. The summed E-state index contributed by atoms with van der Waals surface area (Å²) >= 11 is 0. The van der Waals surface area contributed by atoms with Crippen molar-refractivity contribution in [3.8, 4) is 0 Å². The molecule has 1 aromatic carbocycles. The minimum Gasteiger partial charge on any atom is -0.356 e. The van der Waals surface area contributed by atoms with Gasteiger partial charge in [-0.25, -0.2) is 9.97 Å². The standard InChI is InChI=1S/C20H26N4O/c1-15-3-5-17(6-4-15)8-12-21-19(25)18-9-13-24(14-10-18)20-22-11-7-16(2)23-20/h3-7,11,18H,8-10,12-14H2,1-2H3,(H,21,25). The zero-order valence-electron chi connectivity index (χ0n) is 15.0. The average Bonchev–Trinajstić information content (AvgIpc) is 2.63. The number of aryl methyl sites for hydroxylation is 2. The predicted molar refractivity (Wildman–Crippen MR) is 99.6 cm³/mol. The van der Waals surface area contributed by atoms with Gasteiger partial charge in [-0.2, -0.15) is 0 Å². The van der Waals surface area contributed by atoms with Crippen molar-refractivity contribution in [2.75, 3.05) is 24.5 Å². The second-order valence-corrected chi connectivity index (χ2v) is 6.79. The molecule has 0 bridgehead atoms. The zero-order valence-corrected chi connectivity index (χ0v) is 15.0. The molecule has 1 N–H and O–H groups in total. The summed E-state index contributed by atoms with van der Waals surface area (Å²) in [6, 6.07) is 10.4. The highest BCUT2D eigenvalue weighted by Crippen LogP contribution is 2.20. The summed E-state index contributed by atoms with van der Waals surface area (Å²) < 4.78 is 0. The van der Waals surface area contributed by atoms with Crippen molar-refractivity contribution < 1.29 is 4.79 Å². The first-order chi connectivity index (χ1) is 12.1. The first-order valence-electron chi connectivity index (χ1n) is 8.99. The molecule has 1 fully saturated rings. The summed E-state index contributed by atoms with van der Waals surface area (Å²) in [5.41, 5.74) is 3.50. The molecule has 0 radical (unpaired) electrons. The van der Waals surface area contributed by atoms with Crippen molar-refractivity contribution in [3.63, 3.8) is 0 Å². The summed E-state index contributed by atoms with van der Waals surface area (Å²) in [4.78, 5) is 23.4. The lowest BCUT2D eigenvalue weighted by molar-refractivity contribution is -0.125. The second-order valence-electron chi connectivity index (χ2n) is 6.79. The van der Waals surface area contributed by atoms with Crippen LogP contribution in [0.5, 0.6) is 0 Å². The normalized spacial score (nSPS) is 15.2. The summed E-state index contributed by atoms with van der Waals surface area (Å²) in [6.45, 7) is 6.42. The van der Waals surface area contributed by atoms with Gasteiger partial charge in [0.15, 0.2) is 0 Å². The van der Waals surface area contributed by atoms with Crippen LogP contribution in [-0.2, 0) is 11.2 Å². The second kappa shape index (κ2) is 8.10. The van der Waals surface area contributed by atoms with E-state index in [2.05, 4.69) is 51.4 Å². The van der Waals surface area contributed by atoms with Crippen LogP contribution >= 0.6 is 0 Å². The molecule has 1 amide bonds. The first kappa shape index (κ1) is 17.4. The van der Waals surface area contributed by atoms with Crippen LogP contribution in [0, 0.1) is 19.8 Å². The zero-order chi connectivity index (χ0) is 17.6. The molecule has 0 saturated carbocycles. The SMILES string of the molecule is Cc1ccc(CCNC(=O)C2CCN(c3nccc(C)n3)CC2)cc1. The van der Waals surface area contributed by atoms with Gasteiger partial charge in [0.2, 0.25) is 11.9 Å². The fourth-order valence-electron chi connectivity index (χ4n) is 3.16. The number of anilines is 1. The van der Waals surface area contributed by atoms with Crippen LogP contribution in [0.2, 0.25) is 0 Å². The highest BCUT2D eigenvalue weighted by Gasteiger charge is 2.25. The molecule has 25 heavy (non-hydrogen) atoms. The van der Waals surface area contributed by atoms with E-state index in [-0.39, 0.29) is 11.8 Å². The summed E-state index contributed by atoms with van der Waals surface area (Å²) in [7, 11) is 0. The van der Waals surface area contributed by atoms with E-state index in [9.17, 15) is 4.79 Å². The number of aromatic nitrogens is 2. The Hall–Kier alpha value is -2.43. The van der Waals surface area contributed by atoms with E-state index in [4.69, 9.17) is 0 Å². The van der Waals surface area contributed by atoms with E-state index >= 15 is 0 Å². The van der Waals surface area contributed by atoms with E-state index in [0.717, 1.165) is 44.0 Å². The number of nitrogens with zero attached hydrogens (tertiary/aromatic N) is 3. The van der Waals surface area contributed by atoms with Gasteiger partial charge in [-0.05, 0) is 44.7 Å². The van der Waals surface area contributed by atoms with Crippen LogP contribution < -0.4 is 10.2 Å². The van der Waals surface area contributed by atoms with Gasteiger partial charge in [0.05, 0.1) is 0 Å². The summed E-state index contributed by atoms with van der Waals surface area (Å²) in [5, 5.41) is 3.09. The molecule has 5 nitrogen and oxygen atoms in total. The molecule has 132 valence electrons. The lowest BCUT2D eigenvalue weighted by Crippen LogP contribution is -2.41. The Kier molecular flexibility index (Phi) is 5.64. The number of amides is 1. The number of carbonyl (C=O) groups is 1. The van der Waals surface area contributed by atoms with Gasteiger partial charge in [-0.3, -0.25) is 4.79 Å². The minimum absolute atomic E-state index is 0.0964. The van der Waals surface area contributed by atoms with Gasteiger partial charge in [0.25, 0.3) is 0 Å². The van der Waals surface area contributed by atoms with Gasteiger partial charge < -0.3 is 10.2 Å². The van der Waals surface area contributed by atoms with Crippen molar-refractivity contribution in [2.45, 2.75) is 33.1 Å². The lowest BCUT2D eigenvalue weighted by atomic mass is 9.96. The summed E-state index contributed by atoms with van der Waals surface area (Å²) in [5.74, 6) is 1.05. The molecule has 0 aliphatic carbocycles. The molecule has 0 atom stereocenters. The third kappa shape index (κ3) is 4.78. The number of rotatable bonds is 5. The van der Waals surface area contributed by atoms with Crippen LogP contribution in [0.25, 0.3) is 0 Å². The van der Waals surface area contributed by atoms with Crippen LogP contribution in [0.15, 0.2) is 36.5 Å². The Balaban J connectivity index is 1.43. The molecule has 2 heterocycles. The maximum absolute atomic E-state index is 12.4. The molecular formula is C20H26N4O. The average molecular weight is 338 g/mol. The molecule has 0 spiro atoms. The van der Waals surface area contributed by atoms with Crippen LogP contribution in [0.1, 0.15) is 29.7 Å². The predicted octanol–water partition coefficient (Wildman–Crippen LogP) is 2.67. The maximum atomic E-state index is 12.4. The summed E-state index contributed by atoms with van der Waals surface area (Å²) in [6.07, 6.45) is 4.38. The van der Waals surface area contributed by atoms with Gasteiger partial charge >= 0.3 is 0 Å². The monoisotopic (exact) mass is 338 g/mol. The number of nitrogens with one attached hydrogen (secondary N) is 1. The van der Waals surface area contributed by atoms with Crippen molar-refractivity contribution in [1.82, 2.24) is 15.3 Å². The topological polar surface area (TPSA) is 58.1 Å². The molecule has 1 saturated heterocycles. The Morgan fingerprint density at radius 3 is 2.56 bits per heavy atom. The van der Waals surface area contributed by atoms with E-state index in [1.807, 2.05) is 13.0 Å². The first-order valence-corrected chi connectivity index (χ1v) is 8.99. The molecular weight excluding hydrogens is 312 g/mol. The minimum atomic E-state index is 0.0964. The van der Waals surface area contributed by atoms with Gasteiger partial charge in [-0.15, -0.1) is 0 Å². The Bertz CT molecular complexity index is 706. The van der Waals surface area contributed by atoms with Crippen molar-refractivity contribution in [2.24, 2.45) is 5.92 Å². The van der Waals surface area contributed by atoms with Crippen molar-refractivity contribution in [3.05, 3.63) is 53.3 Å². The van der Waals surface area contributed by atoms with E-state index < -0.39 is 0 Å². The molecule has 5 heteroatoms.